The third kappa shape index (κ3) is 21.0. The predicted molar refractivity (Wildman–Crippen MR) is 258 cm³/mol. The van der Waals surface area contributed by atoms with Gasteiger partial charge in [0.15, 0.2) is 0 Å². The first kappa shape index (κ1) is 54.8. The molecular weight excluding hydrogens is 887 g/mol. The van der Waals surface area contributed by atoms with Gasteiger partial charge in [0.2, 0.25) is 0 Å². The van der Waals surface area contributed by atoms with Gasteiger partial charge in [0, 0.05) is 30.4 Å². The van der Waals surface area contributed by atoms with Gasteiger partial charge in [-0.3, -0.25) is 19.2 Å². The van der Waals surface area contributed by atoms with Crippen molar-refractivity contribution in [1.29, 1.82) is 5.41 Å². The molecule has 0 radical (unpaired) electrons. The second kappa shape index (κ2) is 31.3. The molecule has 1 aliphatic rings. The number of ether oxygens (including phenoxy) is 8. The van der Waals surface area contributed by atoms with Crippen molar-refractivity contribution in [3.05, 3.63) is 97.6 Å². The first-order valence-corrected chi connectivity index (χ1v) is 24.1. The molecule has 15 nitrogen and oxygen atoms in total. The van der Waals surface area contributed by atoms with Crippen LogP contribution in [0.25, 0.3) is 0 Å². The number of nitrogens with one attached hydrogen (secondary N) is 1. The summed E-state index contributed by atoms with van der Waals surface area (Å²) in [6, 6.07) is 18.2. The van der Waals surface area contributed by atoms with Crippen molar-refractivity contribution in [3.63, 3.8) is 0 Å². The molecule has 1 saturated carbocycles. The molecule has 69 heavy (non-hydrogen) atoms. The van der Waals surface area contributed by atoms with Crippen LogP contribution in [0.1, 0.15) is 122 Å². The summed E-state index contributed by atoms with van der Waals surface area (Å²) in [6.07, 6.45) is 14.3. The van der Waals surface area contributed by atoms with Crippen LogP contribution in [0.4, 0.5) is 0 Å². The van der Waals surface area contributed by atoms with Gasteiger partial charge >= 0.3 is 35.8 Å². The van der Waals surface area contributed by atoms with E-state index in [9.17, 15) is 28.8 Å². The highest BCUT2D eigenvalue weighted by molar-refractivity contribution is 5.85. The smallest absolute Gasteiger partial charge is 0.330 e. The molecule has 3 aromatic rings. The molecule has 372 valence electrons. The summed E-state index contributed by atoms with van der Waals surface area (Å²) >= 11 is 0. The van der Waals surface area contributed by atoms with Crippen molar-refractivity contribution in [2.24, 2.45) is 17.8 Å². The lowest BCUT2D eigenvalue weighted by atomic mass is 9.82. The third-order valence-electron chi connectivity index (χ3n) is 11.4. The lowest BCUT2D eigenvalue weighted by Gasteiger charge is -2.25. The van der Waals surface area contributed by atoms with Crippen molar-refractivity contribution in [2.45, 2.75) is 116 Å². The molecule has 3 aromatic carbocycles. The number of hydrogen-bond donors (Lipinski definition) is 1. The molecule has 0 aliphatic heterocycles. The molecule has 0 bridgehead atoms. The van der Waals surface area contributed by atoms with Crippen molar-refractivity contribution in [3.8, 4) is 34.5 Å². The maximum atomic E-state index is 13.1. The Labute approximate surface area is 405 Å². The number of unbranched alkanes of at least 4 members (excludes halogenated alkanes) is 6. The minimum absolute atomic E-state index is 0.0378. The summed E-state index contributed by atoms with van der Waals surface area (Å²) in [5.74, 6) is -1.25. The molecule has 1 aliphatic carbocycles. The Morgan fingerprint density at radius 1 is 0.565 bits per heavy atom. The number of hydrogen-bond acceptors (Lipinski definition) is 15. The van der Waals surface area contributed by atoms with E-state index in [2.05, 4.69) is 13.2 Å². The quantitative estimate of drug-likeness (QED) is 0.0204. The zero-order chi connectivity index (χ0) is 49.6. The van der Waals surface area contributed by atoms with Crippen LogP contribution in [0.3, 0.4) is 0 Å². The van der Waals surface area contributed by atoms with E-state index < -0.39 is 35.7 Å². The molecule has 0 heterocycles. The molecular formula is C54H67NO14. The molecule has 4 rings (SSSR count). The Kier molecular flexibility index (Phi) is 24.9. The predicted octanol–water partition coefficient (Wildman–Crippen LogP) is 10.4. The van der Waals surface area contributed by atoms with Crippen LogP contribution >= 0.6 is 0 Å². The molecule has 1 fully saturated rings. The average Bonchev–Trinajstić information content (AvgIpc) is 3.36. The van der Waals surface area contributed by atoms with Gasteiger partial charge in [-0.05, 0) is 163 Å². The molecule has 1 N–H and O–H groups in total. The van der Waals surface area contributed by atoms with E-state index in [0.29, 0.717) is 94.4 Å². The Morgan fingerprint density at radius 2 is 1.01 bits per heavy atom. The van der Waals surface area contributed by atoms with Gasteiger partial charge in [-0.1, -0.05) is 26.5 Å². The van der Waals surface area contributed by atoms with E-state index in [1.807, 2.05) is 6.92 Å². The first-order valence-electron chi connectivity index (χ1n) is 24.1. The summed E-state index contributed by atoms with van der Waals surface area (Å²) in [4.78, 5) is 74.2. The maximum Gasteiger partial charge on any atom is 0.330 e. The van der Waals surface area contributed by atoms with Crippen LogP contribution in [0, 0.1) is 23.2 Å². The normalized spacial score (nSPS) is 14.5. The maximum absolute atomic E-state index is 13.1. The van der Waals surface area contributed by atoms with Crippen LogP contribution in [-0.2, 0) is 38.2 Å². The van der Waals surface area contributed by atoms with E-state index in [-0.39, 0.29) is 41.3 Å². The van der Waals surface area contributed by atoms with E-state index in [4.69, 9.17) is 43.3 Å². The van der Waals surface area contributed by atoms with Crippen LogP contribution in [0.15, 0.2) is 92.0 Å². The zero-order valence-corrected chi connectivity index (χ0v) is 39.8. The molecule has 0 spiro atoms. The Hall–Kier alpha value is -6.77. The van der Waals surface area contributed by atoms with E-state index in [1.54, 1.807) is 48.5 Å². The molecule has 0 aromatic heterocycles. The number of carbonyl (C=O) groups is 6. The van der Waals surface area contributed by atoms with Crippen molar-refractivity contribution >= 4 is 42.0 Å². The minimum Gasteiger partial charge on any atom is -0.494 e. The summed E-state index contributed by atoms with van der Waals surface area (Å²) in [5.41, 5.74) is 0.252. The number of rotatable bonds is 32. The molecule has 15 heteroatoms. The van der Waals surface area contributed by atoms with Crippen LogP contribution in [0.2, 0.25) is 0 Å². The Morgan fingerprint density at radius 3 is 1.49 bits per heavy atom. The van der Waals surface area contributed by atoms with E-state index >= 15 is 0 Å². The molecule has 1 unspecified atom stereocenters. The van der Waals surface area contributed by atoms with Crippen LogP contribution in [-0.4, -0.2) is 68.5 Å². The van der Waals surface area contributed by atoms with Gasteiger partial charge in [-0.15, -0.1) is 0 Å². The fraction of sp³-hybridized carbons (Fsp3) is 0.463. The van der Waals surface area contributed by atoms with E-state index in [0.717, 1.165) is 76.2 Å². The highest BCUT2D eigenvalue weighted by atomic mass is 16.6. The largest absolute Gasteiger partial charge is 0.494 e. The summed E-state index contributed by atoms with van der Waals surface area (Å²) in [7, 11) is 0. The lowest BCUT2D eigenvalue weighted by molar-refractivity contribution is -0.145. The fourth-order valence-corrected chi connectivity index (χ4v) is 7.52. The van der Waals surface area contributed by atoms with E-state index in [1.165, 1.54) is 18.2 Å². The SMILES string of the molecule is C=CC(=O)OCCCCCCOc1ccc(OC(=O)C(CCC)CCCC(=O)Oc2ccc(OC(=O)C3CCC(C(=O)Oc4ccc(OCCCCCCOC(=O)C=C)cc4)CC3)cc2C=N)cc1. The lowest BCUT2D eigenvalue weighted by Crippen LogP contribution is -2.30. The number of benzene rings is 3. The van der Waals surface area contributed by atoms with Gasteiger partial charge in [0.1, 0.15) is 34.5 Å². The van der Waals surface area contributed by atoms with Gasteiger partial charge in [-0.2, -0.15) is 0 Å². The average molecular weight is 954 g/mol. The number of carbonyl (C=O) groups excluding carboxylic acids is 6. The second-order valence-corrected chi connectivity index (χ2v) is 16.7. The number of esters is 6. The van der Waals surface area contributed by atoms with Gasteiger partial charge in [0.25, 0.3) is 0 Å². The zero-order valence-electron chi connectivity index (χ0n) is 39.8. The highest BCUT2D eigenvalue weighted by Crippen LogP contribution is 2.33. The molecule has 0 saturated heterocycles. The topological polar surface area (TPSA) is 200 Å². The van der Waals surface area contributed by atoms with Crippen molar-refractivity contribution in [2.75, 3.05) is 26.4 Å². The van der Waals surface area contributed by atoms with Gasteiger partial charge in [0.05, 0.1) is 44.2 Å². The summed E-state index contributed by atoms with van der Waals surface area (Å²) in [5, 5.41) is 7.91. The minimum atomic E-state index is -0.529. The first-order chi connectivity index (χ1) is 33.5. The van der Waals surface area contributed by atoms with Crippen molar-refractivity contribution < 1.29 is 66.7 Å². The van der Waals surface area contributed by atoms with Gasteiger partial charge < -0.3 is 43.3 Å². The third-order valence-corrected chi connectivity index (χ3v) is 11.4. The monoisotopic (exact) mass is 953 g/mol. The van der Waals surface area contributed by atoms with Crippen LogP contribution in [0.5, 0.6) is 34.5 Å². The fourth-order valence-electron chi connectivity index (χ4n) is 7.52. The van der Waals surface area contributed by atoms with Gasteiger partial charge in [-0.25, -0.2) is 9.59 Å². The highest BCUT2D eigenvalue weighted by Gasteiger charge is 2.32. The summed E-state index contributed by atoms with van der Waals surface area (Å²) < 4.78 is 44.0. The Bertz CT molecular complexity index is 2130. The van der Waals surface area contributed by atoms with Crippen LogP contribution < -0.4 is 28.4 Å². The standard InChI is InChI=1S/C54H67NO14/c1-4-16-39(52(59)66-45-27-23-43(24-28-45)62-33-11-7-9-13-35-64-49(56)5-2)17-15-18-51(58)69-48-32-31-47(37-42(48)38-55)68-54(61)41-21-19-40(20-22-41)53(60)67-46-29-25-44(26-30-46)63-34-12-8-10-14-36-65-50(57)6-3/h5-6,23-32,37-41,55H,2-4,7-22,33-36H2,1H3. The van der Waals surface area contributed by atoms with Crippen molar-refractivity contribution in [1.82, 2.24) is 0 Å². The molecule has 0 amide bonds. The Balaban J connectivity index is 1.11. The molecule has 1 atom stereocenters. The summed E-state index contributed by atoms with van der Waals surface area (Å²) in [6.45, 7) is 10.5. The second-order valence-electron chi connectivity index (χ2n) is 16.7.